The number of nitrogens with zero attached hydrogens (tertiary/aromatic N) is 1. The van der Waals surface area contributed by atoms with Crippen LogP contribution in [0.2, 0.25) is 10.0 Å². The maximum absolute atomic E-state index is 13.3. The minimum atomic E-state index is -0.632. The number of hydrogen-bond donors (Lipinski definition) is 1. The van der Waals surface area contributed by atoms with Crippen molar-refractivity contribution in [1.82, 2.24) is 10.2 Å². The van der Waals surface area contributed by atoms with E-state index in [1.165, 1.54) is 6.42 Å². The van der Waals surface area contributed by atoms with Crippen molar-refractivity contribution in [3.8, 4) is 0 Å². The van der Waals surface area contributed by atoms with Crippen LogP contribution in [0.25, 0.3) is 0 Å². The lowest BCUT2D eigenvalue weighted by molar-refractivity contribution is -0.140. The monoisotopic (exact) mass is 460 g/mol. The Bertz CT molecular complexity index is 888. The van der Waals surface area contributed by atoms with Crippen LogP contribution in [0.1, 0.15) is 55.7 Å². The van der Waals surface area contributed by atoms with Gasteiger partial charge in [0.05, 0.1) is 6.42 Å². The molecule has 6 heteroatoms. The third-order valence-electron chi connectivity index (χ3n) is 5.98. The van der Waals surface area contributed by atoms with Gasteiger partial charge in [0.25, 0.3) is 0 Å². The molecule has 0 aromatic heterocycles. The molecular weight excluding hydrogens is 431 g/mol. The van der Waals surface area contributed by atoms with Gasteiger partial charge in [-0.25, -0.2) is 0 Å². The Kier molecular flexibility index (Phi) is 8.39. The van der Waals surface area contributed by atoms with Crippen LogP contribution >= 0.6 is 23.2 Å². The average Bonchev–Trinajstić information content (AvgIpc) is 2.75. The van der Waals surface area contributed by atoms with Crippen molar-refractivity contribution >= 4 is 35.0 Å². The number of carbonyl (C=O) groups excluding carboxylic acids is 2. The van der Waals surface area contributed by atoms with E-state index in [4.69, 9.17) is 23.2 Å². The highest BCUT2D eigenvalue weighted by atomic mass is 35.5. The first-order valence-corrected chi connectivity index (χ1v) is 11.7. The van der Waals surface area contributed by atoms with Gasteiger partial charge in [0, 0.05) is 28.2 Å². The predicted molar refractivity (Wildman–Crippen MR) is 126 cm³/mol. The molecule has 4 nitrogen and oxygen atoms in total. The third-order valence-corrected chi connectivity index (χ3v) is 6.69. The zero-order valence-electron chi connectivity index (χ0n) is 18.2. The smallest absolute Gasteiger partial charge is 0.242 e. The molecule has 1 fully saturated rings. The van der Waals surface area contributed by atoms with Crippen molar-refractivity contribution in [3.63, 3.8) is 0 Å². The normalized spacial score (nSPS) is 15.4. The third kappa shape index (κ3) is 6.47. The maximum Gasteiger partial charge on any atom is 0.242 e. The van der Waals surface area contributed by atoms with Gasteiger partial charge in [-0.15, -0.1) is 0 Å². The number of halogens is 2. The Morgan fingerprint density at radius 3 is 2.26 bits per heavy atom. The van der Waals surface area contributed by atoms with Crippen LogP contribution in [0.3, 0.4) is 0 Å². The second-order valence-electron chi connectivity index (χ2n) is 8.40. The fraction of sp³-hybridized carbons (Fsp3) is 0.440. The van der Waals surface area contributed by atoms with E-state index in [1.54, 1.807) is 30.0 Å². The molecule has 2 amide bonds. The van der Waals surface area contributed by atoms with Crippen molar-refractivity contribution in [2.75, 3.05) is 0 Å². The zero-order valence-corrected chi connectivity index (χ0v) is 19.7. The van der Waals surface area contributed by atoms with Crippen LogP contribution < -0.4 is 5.32 Å². The molecule has 0 unspecified atom stereocenters. The molecule has 166 valence electrons. The molecular formula is C25H30Cl2N2O2. The summed E-state index contributed by atoms with van der Waals surface area (Å²) in [5.41, 5.74) is 2.70. The van der Waals surface area contributed by atoms with E-state index in [-0.39, 0.29) is 30.8 Å². The molecule has 1 saturated carbocycles. The molecule has 1 aliphatic rings. The summed E-state index contributed by atoms with van der Waals surface area (Å²) in [5.74, 6) is -0.265. The summed E-state index contributed by atoms with van der Waals surface area (Å²) in [7, 11) is 0. The lowest BCUT2D eigenvalue weighted by Crippen LogP contribution is -2.50. The fourth-order valence-corrected chi connectivity index (χ4v) is 4.50. The lowest BCUT2D eigenvalue weighted by Gasteiger charge is -2.31. The molecule has 0 radical (unpaired) electrons. The summed E-state index contributed by atoms with van der Waals surface area (Å²) < 4.78 is 0. The Morgan fingerprint density at radius 1 is 1.03 bits per heavy atom. The summed E-state index contributed by atoms with van der Waals surface area (Å²) in [5, 5.41) is 4.11. The molecule has 2 aromatic carbocycles. The van der Waals surface area contributed by atoms with E-state index >= 15 is 0 Å². The van der Waals surface area contributed by atoms with Crippen molar-refractivity contribution < 1.29 is 9.59 Å². The van der Waals surface area contributed by atoms with Crippen LogP contribution in [0.15, 0.2) is 42.5 Å². The van der Waals surface area contributed by atoms with Gasteiger partial charge in [0.15, 0.2) is 0 Å². The van der Waals surface area contributed by atoms with Gasteiger partial charge in [0.1, 0.15) is 6.04 Å². The molecule has 0 heterocycles. The Hall–Kier alpha value is -2.04. The number of hydrogen-bond acceptors (Lipinski definition) is 2. The van der Waals surface area contributed by atoms with Crippen LogP contribution in [-0.4, -0.2) is 28.8 Å². The molecule has 0 aliphatic heterocycles. The van der Waals surface area contributed by atoms with Gasteiger partial charge in [-0.05, 0) is 44.4 Å². The standard InChI is InChI=1S/C25H30Cl2N2O2/c1-17-11-13-19(14-12-17)15-24(30)29(16-21-22(26)9-6-10-23(21)27)18(2)25(31)28-20-7-4-3-5-8-20/h6,9-14,18,20H,3-5,7-8,15-16H2,1-2H3,(H,28,31)/t18-/m0/s1. The minimum absolute atomic E-state index is 0.132. The predicted octanol–water partition coefficient (Wildman–Crippen LogP) is 5.71. The first-order chi connectivity index (χ1) is 14.8. The van der Waals surface area contributed by atoms with Gasteiger partial charge in [-0.1, -0.05) is 78.4 Å². The highest BCUT2D eigenvalue weighted by molar-refractivity contribution is 6.36. The van der Waals surface area contributed by atoms with Gasteiger partial charge >= 0.3 is 0 Å². The zero-order chi connectivity index (χ0) is 22.4. The number of nitrogens with one attached hydrogen (secondary N) is 1. The molecule has 0 saturated heterocycles. The molecule has 1 atom stereocenters. The quantitative estimate of drug-likeness (QED) is 0.574. The van der Waals surface area contributed by atoms with Crippen LogP contribution in [0.4, 0.5) is 0 Å². The van der Waals surface area contributed by atoms with E-state index in [0.717, 1.165) is 36.8 Å². The average molecular weight is 461 g/mol. The summed E-state index contributed by atoms with van der Waals surface area (Å²) >= 11 is 12.7. The highest BCUT2D eigenvalue weighted by Gasteiger charge is 2.29. The van der Waals surface area contributed by atoms with Gasteiger partial charge in [0.2, 0.25) is 11.8 Å². The van der Waals surface area contributed by atoms with E-state index in [0.29, 0.717) is 15.6 Å². The fourth-order valence-electron chi connectivity index (χ4n) is 3.99. The molecule has 0 spiro atoms. The number of carbonyl (C=O) groups is 2. The van der Waals surface area contributed by atoms with Crippen molar-refractivity contribution in [3.05, 3.63) is 69.2 Å². The Labute approximate surface area is 194 Å². The van der Waals surface area contributed by atoms with Crippen molar-refractivity contribution in [1.29, 1.82) is 0 Å². The second-order valence-corrected chi connectivity index (χ2v) is 9.22. The molecule has 3 rings (SSSR count). The first kappa shape index (κ1) is 23.6. The summed E-state index contributed by atoms with van der Waals surface area (Å²) in [6.45, 7) is 3.97. The van der Waals surface area contributed by atoms with E-state index in [2.05, 4.69) is 5.32 Å². The summed E-state index contributed by atoms with van der Waals surface area (Å²) in [6.07, 6.45) is 5.67. The van der Waals surface area contributed by atoms with Gasteiger partial charge < -0.3 is 10.2 Å². The van der Waals surface area contributed by atoms with Crippen molar-refractivity contribution in [2.45, 2.75) is 71.0 Å². The molecule has 1 N–H and O–H groups in total. The largest absolute Gasteiger partial charge is 0.352 e. The number of aryl methyl sites for hydroxylation is 1. The van der Waals surface area contributed by atoms with Crippen LogP contribution in [0.5, 0.6) is 0 Å². The second kappa shape index (κ2) is 11.0. The number of amides is 2. The van der Waals surface area contributed by atoms with Gasteiger partial charge in [-0.2, -0.15) is 0 Å². The minimum Gasteiger partial charge on any atom is -0.352 e. The maximum atomic E-state index is 13.3. The molecule has 2 aromatic rings. The topological polar surface area (TPSA) is 49.4 Å². The molecule has 31 heavy (non-hydrogen) atoms. The Balaban J connectivity index is 1.80. The first-order valence-electron chi connectivity index (χ1n) is 10.9. The van der Waals surface area contributed by atoms with Crippen LogP contribution in [-0.2, 0) is 22.6 Å². The van der Waals surface area contributed by atoms with E-state index in [9.17, 15) is 9.59 Å². The van der Waals surface area contributed by atoms with Crippen LogP contribution in [0, 0.1) is 6.92 Å². The Morgan fingerprint density at radius 2 is 1.65 bits per heavy atom. The highest BCUT2D eigenvalue weighted by Crippen LogP contribution is 2.27. The summed E-state index contributed by atoms with van der Waals surface area (Å²) in [6, 6.07) is 12.7. The lowest BCUT2D eigenvalue weighted by atomic mass is 9.95. The van der Waals surface area contributed by atoms with E-state index < -0.39 is 6.04 Å². The SMILES string of the molecule is Cc1ccc(CC(=O)N(Cc2c(Cl)cccc2Cl)[C@@H](C)C(=O)NC2CCCCC2)cc1. The van der Waals surface area contributed by atoms with Gasteiger partial charge in [-0.3, -0.25) is 9.59 Å². The van der Waals surface area contributed by atoms with Crippen molar-refractivity contribution in [2.24, 2.45) is 0 Å². The number of rotatable bonds is 7. The molecule has 0 bridgehead atoms. The summed E-state index contributed by atoms with van der Waals surface area (Å²) in [4.78, 5) is 28.0. The molecule has 1 aliphatic carbocycles. The number of benzene rings is 2. The van der Waals surface area contributed by atoms with E-state index in [1.807, 2.05) is 31.2 Å².